The van der Waals surface area contributed by atoms with E-state index < -0.39 is 0 Å². The summed E-state index contributed by atoms with van der Waals surface area (Å²) in [6.45, 7) is 9.46. The molecule has 0 unspecified atom stereocenters. The van der Waals surface area contributed by atoms with Crippen LogP contribution in [0.5, 0.6) is 0 Å². The largest absolute Gasteiger partial charge is 0.314 e. The van der Waals surface area contributed by atoms with Crippen LogP contribution in [0, 0.1) is 0 Å². The van der Waals surface area contributed by atoms with Crippen molar-refractivity contribution in [2.75, 3.05) is 52.4 Å². The summed E-state index contributed by atoms with van der Waals surface area (Å²) >= 11 is 0. The van der Waals surface area contributed by atoms with E-state index in [4.69, 9.17) is 0 Å². The summed E-state index contributed by atoms with van der Waals surface area (Å²) < 4.78 is 0. The molecule has 1 aliphatic rings. The van der Waals surface area contributed by atoms with Crippen molar-refractivity contribution < 1.29 is 0 Å². The van der Waals surface area contributed by atoms with Gasteiger partial charge in [-0.05, 0) is 35.4 Å². The Morgan fingerprint density at radius 3 is 1.30 bits per heavy atom. The summed E-state index contributed by atoms with van der Waals surface area (Å²) in [6, 6.07) is 8.36. The van der Waals surface area contributed by atoms with Gasteiger partial charge in [0.1, 0.15) is 0 Å². The van der Waals surface area contributed by atoms with Crippen LogP contribution < -0.4 is 26.6 Å². The fraction of sp³-hybridized carbons (Fsp3) is 0.500. The first kappa shape index (κ1) is 19.9. The molecular weight excluding hydrogens is 338 g/mol. The van der Waals surface area contributed by atoms with Gasteiger partial charge in [-0.3, -0.25) is 9.97 Å². The summed E-state index contributed by atoms with van der Waals surface area (Å²) in [7, 11) is 0. The van der Waals surface area contributed by atoms with Crippen molar-refractivity contribution in [1.29, 1.82) is 0 Å². The molecule has 5 N–H and O–H groups in total. The van der Waals surface area contributed by atoms with E-state index in [9.17, 15) is 0 Å². The van der Waals surface area contributed by atoms with Crippen LogP contribution >= 0.6 is 0 Å². The van der Waals surface area contributed by atoms with Crippen LogP contribution in [0.4, 0.5) is 0 Å². The van der Waals surface area contributed by atoms with Crippen LogP contribution in [-0.4, -0.2) is 62.3 Å². The van der Waals surface area contributed by atoms with Crippen LogP contribution in [0.1, 0.15) is 11.1 Å². The van der Waals surface area contributed by atoms with E-state index in [1.54, 1.807) is 0 Å². The van der Waals surface area contributed by atoms with Crippen LogP contribution in [-0.2, 0) is 13.1 Å². The molecule has 3 heterocycles. The normalized spacial score (nSPS) is 18.4. The highest BCUT2D eigenvalue weighted by molar-refractivity contribution is 5.55. The third-order valence-corrected chi connectivity index (χ3v) is 4.48. The predicted molar refractivity (Wildman–Crippen MR) is 109 cm³/mol. The molecule has 7 heteroatoms. The van der Waals surface area contributed by atoms with Gasteiger partial charge in [0.15, 0.2) is 0 Å². The average Bonchev–Trinajstić information content (AvgIpc) is 2.71. The van der Waals surface area contributed by atoms with E-state index in [0.717, 1.165) is 76.8 Å². The molecule has 1 aliphatic heterocycles. The highest BCUT2D eigenvalue weighted by atomic mass is 15.0. The molecule has 3 rings (SSSR count). The van der Waals surface area contributed by atoms with Gasteiger partial charge in [0.25, 0.3) is 0 Å². The third-order valence-electron chi connectivity index (χ3n) is 4.48. The fourth-order valence-corrected chi connectivity index (χ4v) is 3.00. The minimum Gasteiger partial charge on any atom is -0.314 e. The van der Waals surface area contributed by atoms with Crippen molar-refractivity contribution >= 4 is 0 Å². The summed E-state index contributed by atoms with van der Waals surface area (Å²) in [5.74, 6) is 0. The van der Waals surface area contributed by atoms with E-state index in [2.05, 4.69) is 60.8 Å². The number of aromatic nitrogens is 2. The number of hydrogen-bond acceptors (Lipinski definition) is 7. The number of nitrogens with zero attached hydrogens (tertiary/aromatic N) is 2. The van der Waals surface area contributed by atoms with Gasteiger partial charge in [0.05, 0.1) is 11.4 Å². The van der Waals surface area contributed by atoms with Gasteiger partial charge in [-0.2, -0.15) is 0 Å². The third kappa shape index (κ3) is 7.32. The van der Waals surface area contributed by atoms with Gasteiger partial charge >= 0.3 is 0 Å². The maximum atomic E-state index is 4.51. The van der Waals surface area contributed by atoms with Crippen molar-refractivity contribution in [3.63, 3.8) is 0 Å². The highest BCUT2D eigenvalue weighted by Crippen LogP contribution is 2.16. The summed E-state index contributed by atoms with van der Waals surface area (Å²) in [6.07, 6.45) is 3.73. The minimum absolute atomic E-state index is 0.836. The first-order valence-electron chi connectivity index (χ1n) is 9.85. The van der Waals surface area contributed by atoms with Crippen LogP contribution in [0.15, 0.2) is 36.7 Å². The van der Waals surface area contributed by atoms with Gasteiger partial charge < -0.3 is 26.6 Å². The molecule has 0 saturated carbocycles. The molecule has 0 fully saturated rings. The monoisotopic (exact) mass is 369 g/mol. The van der Waals surface area contributed by atoms with Crippen molar-refractivity contribution in [3.05, 3.63) is 47.8 Å². The van der Waals surface area contributed by atoms with E-state index in [-0.39, 0.29) is 0 Å². The van der Waals surface area contributed by atoms with Crippen molar-refractivity contribution in [3.8, 4) is 11.4 Å². The average molecular weight is 370 g/mol. The molecule has 0 radical (unpaired) electrons. The first-order chi connectivity index (χ1) is 13.4. The molecule has 146 valence electrons. The maximum Gasteiger partial charge on any atom is 0.0889 e. The molecule has 7 nitrogen and oxygen atoms in total. The molecular formula is C20H31N7. The number of rotatable bonds is 0. The summed E-state index contributed by atoms with van der Waals surface area (Å²) in [4.78, 5) is 9.01. The molecule has 2 aromatic heterocycles. The Balaban J connectivity index is 1.63. The lowest BCUT2D eigenvalue weighted by atomic mass is 10.1. The Morgan fingerprint density at radius 2 is 0.889 bits per heavy atom. The number of fused-ring (bicyclic) bond motifs is 5. The second kappa shape index (κ2) is 11.7. The van der Waals surface area contributed by atoms with E-state index in [1.807, 2.05) is 12.4 Å². The van der Waals surface area contributed by atoms with E-state index >= 15 is 0 Å². The van der Waals surface area contributed by atoms with Gasteiger partial charge in [-0.15, -0.1) is 0 Å². The lowest BCUT2D eigenvalue weighted by molar-refractivity contribution is 0.557. The van der Waals surface area contributed by atoms with Crippen molar-refractivity contribution in [2.45, 2.75) is 13.1 Å². The van der Waals surface area contributed by atoms with Gasteiger partial charge in [-0.25, -0.2) is 0 Å². The lowest BCUT2D eigenvalue weighted by Crippen LogP contribution is -2.36. The topological polar surface area (TPSA) is 85.9 Å². The Bertz CT molecular complexity index is 619. The van der Waals surface area contributed by atoms with Crippen molar-refractivity contribution in [2.24, 2.45) is 0 Å². The fourth-order valence-electron chi connectivity index (χ4n) is 3.00. The minimum atomic E-state index is 0.836. The summed E-state index contributed by atoms with van der Waals surface area (Å²) in [5.41, 5.74) is 4.30. The second-order valence-corrected chi connectivity index (χ2v) is 6.70. The zero-order valence-electron chi connectivity index (χ0n) is 15.9. The van der Waals surface area contributed by atoms with Gasteiger partial charge in [-0.1, -0.05) is 0 Å². The molecule has 0 atom stereocenters. The van der Waals surface area contributed by atoms with Gasteiger partial charge in [0, 0.05) is 77.8 Å². The Labute approximate surface area is 161 Å². The van der Waals surface area contributed by atoms with E-state index in [0.29, 0.717) is 0 Å². The molecule has 2 aromatic rings. The standard InChI is InChI=1S/C20H31N7/c1-3-26-19-13-17(1)15-24-11-9-22-7-5-21-6-8-23-10-12-25-16-18-2-4-27-20(19)14-18/h1-4,13-14,21-25H,5-12,15-16H2. The highest BCUT2D eigenvalue weighted by Gasteiger charge is 2.04. The number of nitrogens with one attached hydrogen (secondary N) is 5. The second-order valence-electron chi connectivity index (χ2n) is 6.70. The zero-order chi connectivity index (χ0) is 18.6. The predicted octanol–water partition coefficient (Wildman–Crippen LogP) is 0.105. The zero-order valence-corrected chi connectivity index (χ0v) is 15.9. The molecule has 0 aliphatic carbocycles. The molecule has 4 bridgehead atoms. The number of hydrogen-bond donors (Lipinski definition) is 5. The molecule has 27 heavy (non-hydrogen) atoms. The molecule has 0 saturated heterocycles. The van der Waals surface area contributed by atoms with Crippen LogP contribution in [0.3, 0.4) is 0 Å². The Morgan fingerprint density at radius 1 is 0.519 bits per heavy atom. The first-order valence-corrected chi connectivity index (χ1v) is 9.85. The Kier molecular flexibility index (Phi) is 8.63. The number of pyridine rings is 2. The van der Waals surface area contributed by atoms with Crippen LogP contribution in [0.2, 0.25) is 0 Å². The van der Waals surface area contributed by atoms with E-state index in [1.165, 1.54) is 11.1 Å². The van der Waals surface area contributed by atoms with Crippen LogP contribution in [0.25, 0.3) is 11.4 Å². The Hall–Kier alpha value is -1.90. The maximum absolute atomic E-state index is 4.51. The SMILES string of the molecule is c1cc2cc(n1)-c1cc(ccn1)CNCCNCCNCCNCCNC2. The smallest absolute Gasteiger partial charge is 0.0889 e. The molecule has 0 aromatic carbocycles. The van der Waals surface area contributed by atoms with Crippen molar-refractivity contribution in [1.82, 2.24) is 36.6 Å². The molecule has 0 spiro atoms. The molecule has 0 amide bonds. The van der Waals surface area contributed by atoms with Gasteiger partial charge in [0.2, 0.25) is 0 Å². The summed E-state index contributed by atoms with van der Waals surface area (Å²) in [5, 5.41) is 17.3. The lowest BCUT2D eigenvalue weighted by Gasteiger charge is -2.09. The quantitative estimate of drug-likeness (QED) is 0.450.